The van der Waals surface area contributed by atoms with Crippen molar-refractivity contribution in [3.63, 3.8) is 0 Å². The Labute approximate surface area is 150 Å². The Balaban J connectivity index is 1.69. The predicted octanol–water partition coefficient (Wildman–Crippen LogP) is 3.15. The molecule has 1 aliphatic heterocycles. The Morgan fingerprint density at radius 1 is 1.08 bits per heavy atom. The van der Waals surface area contributed by atoms with Gasteiger partial charge in [-0.1, -0.05) is 18.2 Å². The zero-order chi connectivity index (χ0) is 18.8. The summed E-state index contributed by atoms with van der Waals surface area (Å²) in [7, 11) is 0. The van der Waals surface area contributed by atoms with Gasteiger partial charge in [-0.05, 0) is 38.1 Å². The third-order valence-corrected chi connectivity index (χ3v) is 4.09. The summed E-state index contributed by atoms with van der Waals surface area (Å²) in [5.41, 5.74) is 1.32. The summed E-state index contributed by atoms with van der Waals surface area (Å²) in [5.74, 6) is -1.12. The fourth-order valence-corrected chi connectivity index (χ4v) is 2.80. The van der Waals surface area contributed by atoms with Gasteiger partial charge in [0, 0.05) is 23.8 Å². The van der Waals surface area contributed by atoms with Gasteiger partial charge in [0.2, 0.25) is 0 Å². The molecule has 26 heavy (non-hydrogen) atoms. The number of urea groups is 1. The van der Waals surface area contributed by atoms with Crippen molar-refractivity contribution in [3.8, 4) is 0 Å². The highest BCUT2D eigenvalue weighted by Crippen LogP contribution is 2.27. The molecule has 134 valence electrons. The maximum atomic E-state index is 13.6. The molecule has 0 spiro atoms. The normalized spacial score (nSPS) is 13.2. The molecule has 3 rings (SSSR count). The van der Waals surface area contributed by atoms with Gasteiger partial charge >= 0.3 is 6.03 Å². The molecule has 0 atom stereocenters. The van der Waals surface area contributed by atoms with Gasteiger partial charge in [0.1, 0.15) is 5.82 Å². The molecule has 4 amide bonds. The van der Waals surface area contributed by atoms with E-state index in [9.17, 15) is 18.8 Å². The Kier molecular flexibility index (Phi) is 4.71. The minimum atomic E-state index is -0.536. The molecule has 1 aliphatic rings. The molecule has 2 N–H and O–H groups in total. The lowest BCUT2D eigenvalue weighted by Gasteiger charge is -2.17. The average molecular weight is 355 g/mol. The molecule has 6 nitrogen and oxygen atoms in total. The van der Waals surface area contributed by atoms with Crippen LogP contribution in [0.3, 0.4) is 0 Å². The van der Waals surface area contributed by atoms with Crippen LogP contribution >= 0.6 is 0 Å². The highest BCUT2D eigenvalue weighted by atomic mass is 19.1. The van der Waals surface area contributed by atoms with Crippen molar-refractivity contribution in [2.75, 3.05) is 5.32 Å². The first-order valence-corrected chi connectivity index (χ1v) is 8.18. The molecule has 7 heteroatoms. The number of amides is 4. The number of halogens is 1. The molecule has 0 saturated heterocycles. The zero-order valence-electron chi connectivity index (χ0n) is 14.4. The second-order valence-corrected chi connectivity index (χ2v) is 6.23. The van der Waals surface area contributed by atoms with E-state index in [0.29, 0.717) is 16.8 Å². The van der Waals surface area contributed by atoms with E-state index >= 15 is 0 Å². The Hall–Kier alpha value is -3.22. The molecular weight excluding hydrogens is 337 g/mol. The van der Waals surface area contributed by atoms with E-state index in [1.807, 2.05) is 0 Å². The van der Waals surface area contributed by atoms with Crippen molar-refractivity contribution in [1.29, 1.82) is 0 Å². The molecule has 0 fully saturated rings. The number of hydrogen-bond donors (Lipinski definition) is 2. The molecule has 2 aromatic rings. The van der Waals surface area contributed by atoms with E-state index in [1.54, 1.807) is 38.1 Å². The maximum Gasteiger partial charge on any atom is 0.319 e. The first kappa shape index (κ1) is 17.6. The van der Waals surface area contributed by atoms with Crippen LogP contribution < -0.4 is 10.6 Å². The molecule has 0 aliphatic carbocycles. The van der Waals surface area contributed by atoms with Crippen LogP contribution in [0.1, 0.15) is 40.1 Å². The van der Waals surface area contributed by atoms with Crippen molar-refractivity contribution in [3.05, 3.63) is 65.0 Å². The average Bonchev–Trinajstić information content (AvgIpc) is 2.85. The number of carbonyl (C=O) groups is 3. The van der Waals surface area contributed by atoms with Gasteiger partial charge in [-0.3, -0.25) is 14.5 Å². The number of hydrogen-bond acceptors (Lipinski definition) is 3. The number of fused-ring (bicyclic) bond motifs is 1. The van der Waals surface area contributed by atoms with E-state index in [0.717, 1.165) is 0 Å². The smallest absolute Gasteiger partial charge is 0.319 e. The van der Waals surface area contributed by atoms with Crippen molar-refractivity contribution in [2.45, 2.75) is 26.4 Å². The number of nitrogens with zero attached hydrogens (tertiary/aromatic N) is 1. The molecule has 0 saturated carbocycles. The van der Waals surface area contributed by atoms with Gasteiger partial charge in [-0.15, -0.1) is 0 Å². The maximum absolute atomic E-state index is 13.6. The third-order valence-electron chi connectivity index (χ3n) is 4.09. The van der Waals surface area contributed by atoms with Crippen LogP contribution in [0.4, 0.5) is 14.9 Å². The predicted molar refractivity (Wildman–Crippen MR) is 94.3 cm³/mol. The number of rotatable bonds is 4. The van der Waals surface area contributed by atoms with Gasteiger partial charge in [0.15, 0.2) is 0 Å². The first-order valence-electron chi connectivity index (χ1n) is 8.18. The second-order valence-electron chi connectivity index (χ2n) is 6.23. The molecule has 2 aromatic carbocycles. The minimum Gasteiger partial charge on any atom is -0.334 e. The fourth-order valence-electron chi connectivity index (χ4n) is 2.80. The van der Waals surface area contributed by atoms with E-state index in [4.69, 9.17) is 0 Å². The highest BCUT2D eigenvalue weighted by molar-refractivity contribution is 6.22. The third kappa shape index (κ3) is 3.28. The molecule has 1 heterocycles. The van der Waals surface area contributed by atoms with Gasteiger partial charge in [0.05, 0.1) is 11.1 Å². The zero-order valence-corrected chi connectivity index (χ0v) is 14.4. The fraction of sp³-hybridized carbons (Fsp3) is 0.211. The van der Waals surface area contributed by atoms with Crippen LogP contribution in [0.25, 0.3) is 0 Å². The quantitative estimate of drug-likeness (QED) is 0.827. The molecular formula is C19H18FN3O3. The van der Waals surface area contributed by atoms with E-state index in [2.05, 4.69) is 10.6 Å². The van der Waals surface area contributed by atoms with Gasteiger partial charge in [-0.25, -0.2) is 9.18 Å². The minimum absolute atomic E-state index is 0.0298. The van der Waals surface area contributed by atoms with Crippen LogP contribution in [0.15, 0.2) is 42.5 Å². The Bertz CT molecular complexity index is 895. The van der Waals surface area contributed by atoms with Crippen molar-refractivity contribution >= 4 is 23.5 Å². The molecule has 0 radical (unpaired) electrons. The Morgan fingerprint density at radius 3 is 2.46 bits per heavy atom. The van der Waals surface area contributed by atoms with Crippen LogP contribution in [0, 0.1) is 5.82 Å². The number of imide groups is 1. The summed E-state index contributed by atoms with van der Waals surface area (Å²) in [6.07, 6.45) is 0. The molecule has 0 aromatic heterocycles. The number of benzene rings is 2. The summed E-state index contributed by atoms with van der Waals surface area (Å²) in [5, 5.41) is 5.14. The highest BCUT2D eigenvalue weighted by Gasteiger charge is 2.37. The lowest BCUT2D eigenvalue weighted by molar-refractivity contribution is 0.0609. The van der Waals surface area contributed by atoms with Gasteiger partial charge in [0.25, 0.3) is 11.8 Å². The summed E-state index contributed by atoms with van der Waals surface area (Å²) >= 11 is 0. The van der Waals surface area contributed by atoms with E-state index < -0.39 is 11.8 Å². The van der Waals surface area contributed by atoms with Crippen molar-refractivity contribution in [2.24, 2.45) is 0 Å². The summed E-state index contributed by atoms with van der Waals surface area (Å²) in [6, 6.07) is 9.91. The standard InChI is InChI=1S/C19H18FN3O3/c1-11(2)23-17(24)14-8-7-13(9-15(14)18(23)25)22-19(26)21-10-12-5-3-4-6-16(12)20/h3-9,11H,10H2,1-2H3,(H2,21,22,26). The number of anilines is 1. The monoisotopic (exact) mass is 355 g/mol. The molecule has 0 unspecified atom stereocenters. The van der Waals surface area contributed by atoms with Gasteiger partial charge in [-0.2, -0.15) is 0 Å². The van der Waals surface area contributed by atoms with Crippen molar-refractivity contribution < 1.29 is 18.8 Å². The van der Waals surface area contributed by atoms with Crippen LogP contribution in [0.5, 0.6) is 0 Å². The van der Waals surface area contributed by atoms with Crippen LogP contribution in [0.2, 0.25) is 0 Å². The SMILES string of the molecule is CC(C)N1C(=O)c2ccc(NC(=O)NCc3ccccc3F)cc2C1=O. The van der Waals surface area contributed by atoms with Crippen molar-refractivity contribution in [1.82, 2.24) is 10.2 Å². The largest absolute Gasteiger partial charge is 0.334 e. The lowest BCUT2D eigenvalue weighted by Crippen LogP contribution is -2.35. The number of nitrogens with one attached hydrogen (secondary N) is 2. The Morgan fingerprint density at radius 2 is 1.77 bits per heavy atom. The lowest BCUT2D eigenvalue weighted by atomic mass is 10.1. The molecule has 0 bridgehead atoms. The van der Waals surface area contributed by atoms with Gasteiger partial charge < -0.3 is 10.6 Å². The van der Waals surface area contributed by atoms with Crippen LogP contribution in [-0.2, 0) is 6.54 Å². The van der Waals surface area contributed by atoms with Crippen LogP contribution in [-0.4, -0.2) is 28.8 Å². The summed E-state index contributed by atoms with van der Waals surface area (Å²) in [4.78, 5) is 37.8. The summed E-state index contributed by atoms with van der Waals surface area (Å²) in [6.45, 7) is 3.55. The summed E-state index contributed by atoms with van der Waals surface area (Å²) < 4.78 is 13.6. The number of carbonyl (C=O) groups excluding carboxylic acids is 3. The van der Waals surface area contributed by atoms with E-state index in [1.165, 1.54) is 23.1 Å². The topological polar surface area (TPSA) is 78.5 Å². The first-order chi connectivity index (χ1) is 12.4. The van der Waals surface area contributed by atoms with E-state index in [-0.39, 0.29) is 30.0 Å². The second kappa shape index (κ2) is 6.95.